The standard InChI is InChI=1S/C64H106N22O21/c1-8-31(4)49(86-60(106)42(26-30(2)3)83-55(101)39(14-11-25-74-64(70)71)81-53(99)37(65)12-9-23-72-62(66)67)61(107)82-41(20-22-46(90)91)57(103)85-44(28-47(92)93)59(105)78-34(7)52(98)80-40(19-21-45(88)89)56(102)84-43(27-35-15-17-36(87)18-16-35)58(104)77-32(5)50(96)76-33(6)51(97)79-38(13-10-24-73-63(68)69)54(100)75-29-48(94)95/h15-18,30-34,37-44,49,87H,8-14,19-29,65H2,1-7H3,(H,75,100)(H,76,96)(H,77,104)(H,78,105)(H,79,97)(H,80,98)(H,81,99)(H,82,107)(H,83,101)(H,84,102)(H,85,103)(H,86,106)(H,88,89)(H,90,91)(H,92,93)(H,94,95)(H4,66,67,72)(H4,68,69,73)(H4,70,71,74)/t31-,32-,33-,34-,37-,38-,39-,40-,41-,42-,43-,44-,49-/m1/s1. The maximum Gasteiger partial charge on any atom is 0.322 e. The van der Waals surface area contributed by atoms with Gasteiger partial charge in [-0.1, -0.05) is 46.2 Å². The number of nitrogens with zero attached hydrogens (tertiary/aromatic N) is 3. The zero-order valence-corrected chi connectivity index (χ0v) is 60.8. The van der Waals surface area contributed by atoms with E-state index < -0.39 is 218 Å². The number of phenolic OH excluding ortho intramolecular Hbond substituents is 1. The lowest BCUT2D eigenvalue weighted by atomic mass is 9.96. The number of aromatic hydroxyl groups is 1. The van der Waals surface area contributed by atoms with Crippen LogP contribution in [-0.2, 0) is 83.1 Å². The number of benzene rings is 1. The van der Waals surface area contributed by atoms with E-state index in [1.54, 1.807) is 27.7 Å². The molecule has 43 nitrogen and oxygen atoms in total. The molecule has 12 amide bonds. The van der Waals surface area contributed by atoms with E-state index in [1.165, 1.54) is 38.1 Å². The molecule has 43 heteroatoms. The van der Waals surface area contributed by atoms with Crippen molar-refractivity contribution < 1.29 is 102 Å². The van der Waals surface area contributed by atoms with Crippen molar-refractivity contribution in [3.05, 3.63) is 29.8 Å². The van der Waals surface area contributed by atoms with Gasteiger partial charge in [-0.2, -0.15) is 0 Å². The number of carbonyl (C=O) groups excluding carboxylic acids is 12. The van der Waals surface area contributed by atoms with Crippen LogP contribution in [0.3, 0.4) is 0 Å². The van der Waals surface area contributed by atoms with Crippen LogP contribution in [0.15, 0.2) is 39.2 Å². The van der Waals surface area contributed by atoms with Crippen LogP contribution < -0.4 is 104 Å². The van der Waals surface area contributed by atoms with Gasteiger partial charge in [0.25, 0.3) is 0 Å². The Morgan fingerprint density at radius 1 is 0.393 bits per heavy atom. The Morgan fingerprint density at radius 3 is 1.17 bits per heavy atom. The van der Waals surface area contributed by atoms with E-state index in [1.807, 2.05) is 0 Å². The van der Waals surface area contributed by atoms with Crippen molar-refractivity contribution in [2.75, 3.05) is 26.2 Å². The molecule has 1 aromatic rings. The van der Waals surface area contributed by atoms with Crippen LogP contribution in [0.2, 0.25) is 0 Å². The first-order valence-corrected chi connectivity index (χ1v) is 34.2. The van der Waals surface area contributed by atoms with E-state index in [0.29, 0.717) is 12.0 Å². The number of nitrogens with two attached hydrogens (primary N) is 7. The fourth-order valence-corrected chi connectivity index (χ4v) is 9.79. The van der Waals surface area contributed by atoms with Crippen LogP contribution in [0.5, 0.6) is 5.75 Å². The summed E-state index contributed by atoms with van der Waals surface area (Å²) in [4.78, 5) is 225. The lowest BCUT2D eigenvalue weighted by molar-refractivity contribution is -0.142. The molecule has 0 spiro atoms. The SMILES string of the molecule is CC[C@@H](C)[C@@H](NC(=O)[C@@H](CC(C)C)NC(=O)[C@@H](CCCN=C(N)N)NC(=O)[C@H](N)CCCN=C(N)N)C(=O)N[C@H](CCC(=O)O)C(=O)N[C@H](CC(=O)O)C(=O)N[C@H](C)C(=O)N[C@H](CCC(=O)O)C(=O)N[C@H](Cc1ccc(O)cc1)C(=O)N[C@H](C)C(=O)N[C@H](C)C(=O)N[C@H](CCCN=C(N)N)C(=O)NCC(=O)O. The number of carbonyl (C=O) groups is 16. The number of carboxylic acids is 4. The van der Waals surface area contributed by atoms with E-state index in [9.17, 15) is 97.1 Å². The second-order valence-corrected chi connectivity index (χ2v) is 25.5. The number of amides is 12. The number of hydrogen-bond acceptors (Lipinski definition) is 21. The van der Waals surface area contributed by atoms with E-state index in [-0.39, 0.29) is 94.1 Å². The highest BCUT2D eigenvalue weighted by Crippen LogP contribution is 2.16. The number of phenols is 1. The van der Waals surface area contributed by atoms with Crippen molar-refractivity contribution in [2.45, 2.75) is 211 Å². The first-order chi connectivity index (χ1) is 50.0. The molecule has 0 unspecified atom stereocenters. The molecule has 31 N–H and O–H groups in total. The predicted octanol–water partition coefficient (Wildman–Crippen LogP) is -7.69. The van der Waals surface area contributed by atoms with E-state index >= 15 is 0 Å². The molecule has 0 saturated heterocycles. The van der Waals surface area contributed by atoms with Crippen molar-refractivity contribution >= 4 is 113 Å². The van der Waals surface area contributed by atoms with Gasteiger partial charge in [0.15, 0.2) is 17.9 Å². The fraction of sp³-hybridized carbons (Fsp3) is 0.609. The maximum absolute atomic E-state index is 14.4. The third kappa shape index (κ3) is 38.6. The van der Waals surface area contributed by atoms with Gasteiger partial charge in [-0.25, -0.2) is 0 Å². The topological polar surface area (TPSA) is 738 Å². The summed E-state index contributed by atoms with van der Waals surface area (Å²) in [5.74, 6) is -20.5. The van der Waals surface area contributed by atoms with Gasteiger partial charge in [0.2, 0.25) is 70.9 Å². The molecule has 13 atom stereocenters. The van der Waals surface area contributed by atoms with Crippen LogP contribution >= 0.6 is 0 Å². The zero-order chi connectivity index (χ0) is 81.4. The zero-order valence-electron chi connectivity index (χ0n) is 60.8. The van der Waals surface area contributed by atoms with Crippen molar-refractivity contribution in [2.24, 2.45) is 66.9 Å². The normalized spacial score (nSPS) is 14.5. The summed E-state index contributed by atoms with van der Waals surface area (Å²) in [6.45, 7) is 9.52. The van der Waals surface area contributed by atoms with Gasteiger partial charge in [0, 0.05) is 38.9 Å². The summed E-state index contributed by atoms with van der Waals surface area (Å²) < 4.78 is 0. The van der Waals surface area contributed by atoms with Crippen molar-refractivity contribution in [3.8, 4) is 5.75 Å². The van der Waals surface area contributed by atoms with E-state index in [2.05, 4.69) is 78.8 Å². The fourth-order valence-electron chi connectivity index (χ4n) is 9.79. The Labute approximate surface area is 616 Å². The Morgan fingerprint density at radius 2 is 0.748 bits per heavy atom. The minimum Gasteiger partial charge on any atom is -0.508 e. The van der Waals surface area contributed by atoms with Crippen LogP contribution in [0, 0.1) is 11.8 Å². The Balaban J connectivity index is 3.54. The summed E-state index contributed by atoms with van der Waals surface area (Å²) in [7, 11) is 0. The number of aliphatic imine (C=N–C) groups is 3. The summed E-state index contributed by atoms with van der Waals surface area (Å²) in [5.41, 5.74) is 38.8. The third-order valence-electron chi connectivity index (χ3n) is 15.8. The minimum atomic E-state index is -2.11. The van der Waals surface area contributed by atoms with Crippen LogP contribution in [0.25, 0.3) is 0 Å². The molecule has 0 saturated carbocycles. The molecule has 0 aliphatic carbocycles. The highest BCUT2D eigenvalue weighted by atomic mass is 16.4. The monoisotopic (exact) mass is 1520 g/mol. The number of guanidine groups is 3. The van der Waals surface area contributed by atoms with Crippen molar-refractivity contribution in [1.29, 1.82) is 0 Å². The molecule has 1 rings (SSSR count). The number of rotatable bonds is 51. The number of aliphatic carboxylic acids is 4. The highest BCUT2D eigenvalue weighted by Gasteiger charge is 2.38. The summed E-state index contributed by atoms with van der Waals surface area (Å²) in [6, 6.07) is -13.6. The Bertz CT molecular complexity index is 3330. The van der Waals surface area contributed by atoms with Crippen LogP contribution in [0.1, 0.15) is 138 Å². The number of nitrogens with one attached hydrogen (secondary N) is 12. The third-order valence-corrected chi connectivity index (χ3v) is 15.8. The molecular formula is C64H106N22O21. The quantitative estimate of drug-likeness (QED) is 0.0164. The van der Waals surface area contributed by atoms with Gasteiger partial charge >= 0.3 is 23.9 Å². The number of hydrogen-bond donors (Lipinski definition) is 24. The second kappa shape index (κ2) is 48.4. The summed E-state index contributed by atoms with van der Waals surface area (Å²) in [6.07, 6.45) is -3.86. The second-order valence-electron chi connectivity index (χ2n) is 25.5. The van der Waals surface area contributed by atoms with Crippen molar-refractivity contribution in [3.63, 3.8) is 0 Å². The Kier molecular flexibility index (Phi) is 42.2. The number of carboxylic acid groups (broad SMARTS) is 4. The highest BCUT2D eigenvalue weighted by molar-refractivity contribution is 6.00. The molecule has 107 heavy (non-hydrogen) atoms. The van der Waals surface area contributed by atoms with Crippen molar-refractivity contribution in [1.82, 2.24) is 63.8 Å². The van der Waals surface area contributed by atoms with Gasteiger partial charge in [0.1, 0.15) is 78.8 Å². The molecule has 0 aliphatic rings. The largest absolute Gasteiger partial charge is 0.508 e. The molecule has 0 bridgehead atoms. The molecule has 0 heterocycles. The van der Waals surface area contributed by atoms with Gasteiger partial charge in [-0.3, -0.25) is 91.7 Å². The predicted molar refractivity (Wildman–Crippen MR) is 383 cm³/mol. The minimum absolute atomic E-state index is 0.0302. The molecule has 0 aliphatic heterocycles. The molecule has 0 aromatic heterocycles. The van der Waals surface area contributed by atoms with E-state index in [0.717, 1.165) is 6.92 Å². The maximum atomic E-state index is 14.4. The first kappa shape index (κ1) is 93.3. The van der Waals surface area contributed by atoms with Gasteiger partial charge in [0.05, 0.1) is 12.5 Å². The first-order valence-electron chi connectivity index (χ1n) is 34.2. The molecule has 1 aromatic carbocycles. The van der Waals surface area contributed by atoms with Crippen LogP contribution in [0.4, 0.5) is 0 Å². The average Bonchev–Trinajstić information content (AvgIpc) is 0.851. The summed E-state index contributed by atoms with van der Waals surface area (Å²) >= 11 is 0. The molecular weight excluding hydrogens is 1410 g/mol. The van der Waals surface area contributed by atoms with Gasteiger partial charge in [-0.05, 0) is 108 Å². The molecule has 598 valence electrons. The average molecular weight is 1520 g/mol. The van der Waals surface area contributed by atoms with Gasteiger partial charge in [-0.15, -0.1) is 0 Å². The van der Waals surface area contributed by atoms with Crippen LogP contribution in [-0.4, -0.2) is 237 Å². The lowest BCUT2D eigenvalue weighted by Crippen LogP contribution is -2.61. The van der Waals surface area contributed by atoms with E-state index in [4.69, 9.17) is 45.2 Å². The Hall–Kier alpha value is -11.7. The smallest absolute Gasteiger partial charge is 0.322 e. The summed E-state index contributed by atoms with van der Waals surface area (Å²) in [5, 5.41) is 76.8. The molecule has 0 radical (unpaired) electrons. The van der Waals surface area contributed by atoms with Gasteiger partial charge < -0.3 is 129 Å². The lowest BCUT2D eigenvalue weighted by Gasteiger charge is -2.30. The molecule has 0 fully saturated rings.